The summed E-state index contributed by atoms with van der Waals surface area (Å²) in [6.45, 7) is 10.5. The largest absolute Gasteiger partial charge is 0.508 e. The third-order valence-electron chi connectivity index (χ3n) is 4.98. The Hall–Kier alpha value is -1.55. The number of halogens is 1. The van der Waals surface area contributed by atoms with Crippen molar-refractivity contribution >= 4 is 12.4 Å². The molecular weight excluding hydrogens is 358 g/mol. The third kappa shape index (κ3) is 6.53. The van der Waals surface area contributed by atoms with Crippen LogP contribution in [0.4, 0.5) is 0 Å². The van der Waals surface area contributed by atoms with Crippen LogP contribution in [-0.2, 0) is 11.3 Å². The highest BCUT2D eigenvalue weighted by Crippen LogP contribution is 2.35. The predicted molar refractivity (Wildman–Crippen MR) is 116 cm³/mol. The van der Waals surface area contributed by atoms with E-state index < -0.39 is 0 Å². The highest BCUT2D eigenvalue weighted by Gasteiger charge is 2.21. The second kappa shape index (κ2) is 11.3. The Balaban J connectivity index is 0.00000364. The Morgan fingerprint density at radius 1 is 0.963 bits per heavy atom. The molecule has 0 aliphatic carbocycles. The van der Waals surface area contributed by atoms with Gasteiger partial charge in [0.2, 0.25) is 0 Å². The standard InChI is InChI=1S/C23H33NO2.ClH/c1-17(2)24(18(3)4)14-13-21(20-9-7-6-8-10-20)22-15-19(16-26-5)11-12-23(22)25;/h6-12,15,17-18,21,25H,13-14,16H2,1-5H3;1H/t21-;/m1./s1. The van der Waals surface area contributed by atoms with Crippen molar-refractivity contribution in [2.75, 3.05) is 13.7 Å². The number of rotatable bonds is 9. The Morgan fingerprint density at radius 3 is 2.15 bits per heavy atom. The monoisotopic (exact) mass is 391 g/mol. The minimum atomic E-state index is 0. The Morgan fingerprint density at radius 2 is 1.59 bits per heavy atom. The van der Waals surface area contributed by atoms with Gasteiger partial charge in [0.05, 0.1) is 6.61 Å². The van der Waals surface area contributed by atoms with Crippen LogP contribution in [0.3, 0.4) is 0 Å². The molecule has 0 fully saturated rings. The predicted octanol–water partition coefficient (Wildman–Crippen LogP) is 5.60. The fourth-order valence-corrected chi connectivity index (χ4v) is 3.72. The number of methoxy groups -OCH3 is 1. The molecular formula is C23H34ClNO2. The van der Waals surface area contributed by atoms with E-state index in [1.165, 1.54) is 5.56 Å². The van der Waals surface area contributed by atoms with Gasteiger partial charge in [0, 0.05) is 30.7 Å². The molecule has 0 saturated heterocycles. The lowest BCUT2D eigenvalue weighted by Gasteiger charge is -2.32. The highest BCUT2D eigenvalue weighted by atomic mass is 35.5. The van der Waals surface area contributed by atoms with Crippen molar-refractivity contribution < 1.29 is 9.84 Å². The fourth-order valence-electron chi connectivity index (χ4n) is 3.72. The zero-order valence-electron chi connectivity index (χ0n) is 17.2. The number of aromatic hydroxyl groups is 1. The SMILES string of the molecule is COCc1ccc(O)c([C@H](CCN(C(C)C)C(C)C)c2ccccc2)c1.Cl. The van der Waals surface area contributed by atoms with Crippen LogP contribution in [0.25, 0.3) is 0 Å². The zero-order valence-corrected chi connectivity index (χ0v) is 18.0. The number of benzene rings is 2. The summed E-state index contributed by atoms with van der Waals surface area (Å²) >= 11 is 0. The lowest BCUT2D eigenvalue weighted by Crippen LogP contribution is -2.38. The van der Waals surface area contributed by atoms with Crippen LogP contribution < -0.4 is 0 Å². The van der Waals surface area contributed by atoms with Gasteiger partial charge in [-0.05, 0) is 63.9 Å². The molecule has 4 heteroatoms. The van der Waals surface area contributed by atoms with Crippen molar-refractivity contribution in [1.82, 2.24) is 4.90 Å². The molecule has 0 radical (unpaired) electrons. The van der Waals surface area contributed by atoms with E-state index in [0.29, 0.717) is 24.4 Å². The first-order valence-electron chi connectivity index (χ1n) is 9.55. The van der Waals surface area contributed by atoms with Crippen LogP contribution >= 0.6 is 12.4 Å². The molecule has 150 valence electrons. The number of hydrogen-bond acceptors (Lipinski definition) is 3. The fraction of sp³-hybridized carbons (Fsp3) is 0.478. The van der Waals surface area contributed by atoms with Crippen molar-refractivity contribution in [2.45, 2.75) is 58.7 Å². The minimum Gasteiger partial charge on any atom is -0.508 e. The van der Waals surface area contributed by atoms with Crippen molar-refractivity contribution in [2.24, 2.45) is 0 Å². The van der Waals surface area contributed by atoms with Crippen LogP contribution in [0.5, 0.6) is 5.75 Å². The zero-order chi connectivity index (χ0) is 19.1. The molecule has 27 heavy (non-hydrogen) atoms. The topological polar surface area (TPSA) is 32.7 Å². The molecule has 2 aromatic carbocycles. The van der Waals surface area contributed by atoms with Gasteiger partial charge in [0.1, 0.15) is 5.75 Å². The minimum absolute atomic E-state index is 0. The summed E-state index contributed by atoms with van der Waals surface area (Å²) < 4.78 is 5.28. The average molecular weight is 392 g/mol. The molecule has 0 aliphatic heterocycles. The normalized spacial score (nSPS) is 12.4. The molecule has 0 bridgehead atoms. The number of phenols is 1. The molecule has 3 nitrogen and oxygen atoms in total. The molecule has 2 aromatic rings. The molecule has 0 aliphatic rings. The van der Waals surface area contributed by atoms with E-state index in [4.69, 9.17) is 4.74 Å². The van der Waals surface area contributed by atoms with Crippen molar-refractivity contribution in [3.63, 3.8) is 0 Å². The number of hydrogen-bond donors (Lipinski definition) is 1. The summed E-state index contributed by atoms with van der Waals surface area (Å²) in [5.74, 6) is 0.521. The molecule has 1 N–H and O–H groups in total. The lowest BCUT2D eigenvalue weighted by molar-refractivity contribution is 0.170. The first-order chi connectivity index (χ1) is 12.4. The maximum absolute atomic E-state index is 10.6. The number of phenolic OH excluding ortho intramolecular Hbond substituents is 1. The van der Waals surface area contributed by atoms with Gasteiger partial charge in [-0.25, -0.2) is 0 Å². The second-order valence-corrected chi connectivity index (χ2v) is 7.50. The molecule has 0 unspecified atom stereocenters. The van der Waals surface area contributed by atoms with E-state index in [0.717, 1.165) is 24.1 Å². The van der Waals surface area contributed by atoms with Gasteiger partial charge >= 0.3 is 0 Å². The summed E-state index contributed by atoms with van der Waals surface area (Å²) in [6.07, 6.45) is 0.963. The quantitative estimate of drug-likeness (QED) is 0.603. The smallest absolute Gasteiger partial charge is 0.119 e. The molecule has 0 aromatic heterocycles. The first-order valence-corrected chi connectivity index (χ1v) is 9.55. The van der Waals surface area contributed by atoms with E-state index >= 15 is 0 Å². The molecule has 0 amide bonds. The summed E-state index contributed by atoms with van der Waals surface area (Å²) in [6, 6.07) is 17.3. The maximum atomic E-state index is 10.6. The summed E-state index contributed by atoms with van der Waals surface area (Å²) in [5.41, 5.74) is 3.31. The summed E-state index contributed by atoms with van der Waals surface area (Å²) in [4.78, 5) is 2.51. The summed E-state index contributed by atoms with van der Waals surface area (Å²) in [5, 5.41) is 10.6. The van der Waals surface area contributed by atoms with E-state index in [9.17, 15) is 5.11 Å². The van der Waals surface area contributed by atoms with Crippen LogP contribution in [0.2, 0.25) is 0 Å². The van der Waals surface area contributed by atoms with Crippen LogP contribution in [-0.4, -0.2) is 35.7 Å². The van der Waals surface area contributed by atoms with Gasteiger partial charge in [-0.2, -0.15) is 0 Å². The Kier molecular flexibility index (Phi) is 9.86. The number of nitrogens with zero attached hydrogens (tertiary/aromatic N) is 1. The number of ether oxygens (including phenoxy) is 1. The van der Waals surface area contributed by atoms with Gasteiger partial charge in [-0.3, -0.25) is 4.90 Å². The highest BCUT2D eigenvalue weighted by molar-refractivity contribution is 5.85. The maximum Gasteiger partial charge on any atom is 0.119 e. The van der Waals surface area contributed by atoms with Crippen molar-refractivity contribution in [1.29, 1.82) is 0 Å². The third-order valence-corrected chi connectivity index (χ3v) is 4.98. The Labute approximate surface area is 170 Å². The Bertz CT molecular complexity index is 665. The van der Waals surface area contributed by atoms with Crippen molar-refractivity contribution in [3.8, 4) is 5.75 Å². The van der Waals surface area contributed by atoms with E-state index in [2.05, 4.69) is 62.9 Å². The van der Waals surface area contributed by atoms with Gasteiger partial charge in [0.15, 0.2) is 0 Å². The van der Waals surface area contributed by atoms with Gasteiger partial charge in [-0.15, -0.1) is 12.4 Å². The molecule has 1 atom stereocenters. The molecule has 0 spiro atoms. The van der Waals surface area contributed by atoms with Gasteiger partial charge < -0.3 is 9.84 Å². The van der Waals surface area contributed by atoms with Crippen LogP contribution in [0.1, 0.15) is 56.7 Å². The van der Waals surface area contributed by atoms with E-state index in [1.807, 2.05) is 12.1 Å². The van der Waals surface area contributed by atoms with Gasteiger partial charge in [-0.1, -0.05) is 36.4 Å². The van der Waals surface area contributed by atoms with Gasteiger partial charge in [0.25, 0.3) is 0 Å². The van der Waals surface area contributed by atoms with Crippen molar-refractivity contribution in [3.05, 3.63) is 65.2 Å². The van der Waals surface area contributed by atoms with E-state index in [-0.39, 0.29) is 18.3 Å². The average Bonchev–Trinajstić information content (AvgIpc) is 2.61. The lowest BCUT2D eigenvalue weighted by atomic mass is 9.86. The molecule has 0 heterocycles. The van der Waals surface area contributed by atoms with Crippen LogP contribution in [0.15, 0.2) is 48.5 Å². The molecule has 0 saturated carbocycles. The summed E-state index contributed by atoms with van der Waals surface area (Å²) in [7, 11) is 1.70. The molecule has 2 rings (SSSR count). The second-order valence-electron chi connectivity index (χ2n) is 7.50. The van der Waals surface area contributed by atoms with E-state index in [1.54, 1.807) is 13.2 Å². The van der Waals surface area contributed by atoms with Crippen LogP contribution in [0, 0.1) is 0 Å². The first kappa shape index (κ1) is 23.5.